The molecule has 1 nitrogen and oxygen atoms in total. The lowest BCUT2D eigenvalue weighted by Gasteiger charge is -1.89. The molecule has 0 radical (unpaired) electrons. The van der Waals surface area contributed by atoms with E-state index in [9.17, 15) is 0 Å². The third-order valence-corrected chi connectivity index (χ3v) is 1.23. The fourth-order valence-corrected chi connectivity index (χ4v) is 0.627. The Morgan fingerprint density at radius 1 is 1.67 bits per heavy atom. The molecule has 0 aliphatic carbocycles. The second kappa shape index (κ2) is 5.53. The van der Waals surface area contributed by atoms with Gasteiger partial charge in [-0.15, -0.1) is 0 Å². The van der Waals surface area contributed by atoms with E-state index in [1.54, 1.807) is 0 Å². The van der Waals surface area contributed by atoms with E-state index in [-0.39, 0.29) is 0 Å². The summed E-state index contributed by atoms with van der Waals surface area (Å²) < 4.78 is 4.87. The molecule has 0 aliphatic rings. The van der Waals surface area contributed by atoms with E-state index in [0.29, 0.717) is 0 Å². The van der Waals surface area contributed by atoms with Crippen LogP contribution in [0.1, 0.15) is 6.42 Å². The molecule has 0 heterocycles. The molecule has 0 amide bonds. The van der Waals surface area contributed by atoms with Crippen LogP contribution in [0.3, 0.4) is 0 Å². The maximum atomic E-state index is 4.87. The standard InChI is InChI=1S/C3H10OSSi/c5-3-1-2-4-6/h5H,1-3H2,6H3. The highest BCUT2D eigenvalue weighted by molar-refractivity contribution is 7.80. The van der Waals surface area contributed by atoms with Gasteiger partial charge in [-0.25, -0.2) is 0 Å². The minimum absolute atomic E-state index is 0.869. The van der Waals surface area contributed by atoms with E-state index in [1.807, 2.05) is 0 Å². The predicted molar refractivity (Wildman–Crippen MR) is 34.4 cm³/mol. The van der Waals surface area contributed by atoms with Gasteiger partial charge in [0.1, 0.15) is 10.5 Å². The van der Waals surface area contributed by atoms with Crippen LogP contribution >= 0.6 is 12.6 Å². The van der Waals surface area contributed by atoms with Crippen molar-refractivity contribution in [1.82, 2.24) is 0 Å². The largest absolute Gasteiger partial charge is 0.428 e. The van der Waals surface area contributed by atoms with Gasteiger partial charge in [0.05, 0.1) is 0 Å². The monoisotopic (exact) mass is 122 g/mol. The van der Waals surface area contributed by atoms with Crippen LogP contribution in [0.4, 0.5) is 0 Å². The van der Waals surface area contributed by atoms with Crippen LogP contribution in [0.5, 0.6) is 0 Å². The van der Waals surface area contributed by atoms with Gasteiger partial charge in [0.25, 0.3) is 0 Å². The SMILES string of the molecule is [SiH3]OCCCS. The summed E-state index contributed by atoms with van der Waals surface area (Å²) in [5.41, 5.74) is 0. The van der Waals surface area contributed by atoms with Crippen LogP contribution in [0.2, 0.25) is 0 Å². The smallest absolute Gasteiger partial charge is 0.145 e. The zero-order valence-corrected chi connectivity index (χ0v) is 6.87. The molecule has 0 aliphatic heterocycles. The highest BCUT2D eigenvalue weighted by Crippen LogP contribution is 1.80. The van der Waals surface area contributed by atoms with Gasteiger partial charge in [-0.05, 0) is 12.2 Å². The lowest BCUT2D eigenvalue weighted by Crippen LogP contribution is -1.88. The van der Waals surface area contributed by atoms with Crippen molar-refractivity contribution in [3.05, 3.63) is 0 Å². The topological polar surface area (TPSA) is 9.23 Å². The molecule has 0 spiro atoms. The molecule has 3 heteroatoms. The first-order chi connectivity index (χ1) is 2.91. The summed E-state index contributed by atoms with van der Waals surface area (Å²) >= 11 is 3.99. The van der Waals surface area contributed by atoms with Crippen LogP contribution in [-0.4, -0.2) is 22.8 Å². The first-order valence-electron chi connectivity index (χ1n) is 2.01. The van der Waals surface area contributed by atoms with Gasteiger partial charge in [-0.3, -0.25) is 0 Å². The van der Waals surface area contributed by atoms with Gasteiger partial charge in [-0.2, -0.15) is 12.6 Å². The molecular formula is C3H10OSSi. The Labute approximate surface area is 47.0 Å². The van der Waals surface area contributed by atoms with Gasteiger partial charge in [0, 0.05) is 6.61 Å². The van der Waals surface area contributed by atoms with Crippen molar-refractivity contribution in [2.24, 2.45) is 0 Å². The maximum absolute atomic E-state index is 4.87. The van der Waals surface area contributed by atoms with Crippen LogP contribution in [0.15, 0.2) is 0 Å². The summed E-state index contributed by atoms with van der Waals surface area (Å²) in [5.74, 6) is 0.947. The fourth-order valence-electron chi connectivity index (χ4n) is 0.209. The number of rotatable bonds is 3. The van der Waals surface area contributed by atoms with E-state index in [1.165, 1.54) is 0 Å². The summed E-state index contributed by atoms with van der Waals surface area (Å²) in [6, 6.07) is 0. The van der Waals surface area contributed by atoms with Gasteiger partial charge in [-0.1, -0.05) is 0 Å². The predicted octanol–water partition coefficient (Wildman–Crippen LogP) is -0.397. The van der Waals surface area contributed by atoms with Crippen molar-refractivity contribution in [1.29, 1.82) is 0 Å². The Hall–Kier alpha value is 0.527. The second-order valence-electron chi connectivity index (χ2n) is 1.07. The van der Waals surface area contributed by atoms with E-state index in [2.05, 4.69) is 12.6 Å². The van der Waals surface area contributed by atoms with Crippen molar-refractivity contribution in [2.75, 3.05) is 12.4 Å². The molecule has 0 bridgehead atoms. The van der Waals surface area contributed by atoms with Gasteiger partial charge < -0.3 is 4.43 Å². The Morgan fingerprint density at radius 2 is 2.33 bits per heavy atom. The van der Waals surface area contributed by atoms with E-state index in [0.717, 1.165) is 29.3 Å². The molecule has 0 unspecified atom stereocenters. The van der Waals surface area contributed by atoms with E-state index in [4.69, 9.17) is 4.43 Å². The molecular weight excluding hydrogens is 112 g/mol. The number of thiol groups is 1. The number of hydrogen-bond acceptors (Lipinski definition) is 2. The van der Waals surface area contributed by atoms with Crippen LogP contribution in [0, 0.1) is 0 Å². The minimum atomic E-state index is 0.869. The molecule has 38 valence electrons. The number of hydrogen-bond donors (Lipinski definition) is 1. The molecule has 0 aromatic heterocycles. The lowest BCUT2D eigenvalue weighted by molar-refractivity contribution is 0.351. The molecule has 0 N–H and O–H groups in total. The summed E-state index contributed by atoms with van der Waals surface area (Å²) in [5, 5.41) is 0. The Balaban J connectivity index is 2.34. The summed E-state index contributed by atoms with van der Waals surface area (Å²) in [4.78, 5) is 0. The van der Waals surface area contributed by atoms with Crippen molar-refractivity contribution in [3.63, 3.8) is 0 Å². The summed E-state index contributed by atoms with van der Waals surface area (Å²) in [6.07, 6.45) is 1.09. The molecule has 0 rings (SSSR count). The third kappa shape index (κ3) is 4.53. The van der Waals surface area contributed by atoms with Crippen molar-refractivity contribution < 1.29 is 4.43 Å². The van der Waals surface area contributed by atoms with Crippen LogP contribution in [0.25, 0.3) is 0 Å². The maximum Gasteiger partial charge on any atom is 0.145 e. The highest BCUT2D eigenvalue weighted by atomic mass is 32.1. The molecule has 0 aromatic carbocycles. The molecule has 0 saturated carbocycles. The van der Waals surface area contributed by atoms with Gasteiger partial charge in [0.15, 0.2) is 0 Å². The highest BCUT2D eigenvalue weighted by Gasteiger charge is 1.74. The quantitative estimate of drug-likeness (QED) is 0.304. The summed E-state index contributed by atoms with van der Waals surface area (Å²) in [7, 11) is 0.869. The lowest BCUT2D eigenvalue weighted by atomic mass is 10.5. The van der Waals surface area contributed by atoms with E-state index >= 15 is 0 Å². The zero-order valence-electron chi connectivity index (χ0n) is 3.98. The zero-order chi connectivity index (χ0) is 4.83. The second-order valence-corrected chi connectivity index (χ2v) is 2.09. The first kappa shape index (κ1) is 6.53. The molecule has 0 atom stereocenters. The van der Waals surface area contributed by atoms with Crippen LogP contribution in [-0.2, 0) is 4.43 Å². The van der Waals surface area contributed by atoms with Gasteiger partial charge >= 0.3 is 0 Å². The normalized spacial score (nSPS) is 9.50. The van der Waals surface area contributed by atoms with Gasteiger partial charge in [0.2, 0.25) is 0 Å². The average Bonchev–Trinajstić information content (AvgIpc) is 1.61. The average molecular weight is 122 g/mol. The summed E-state index contributed by atoms with van der Waals surface area (Å²) in [6.45, 7) is 0.899. The Morgan fingerprint density at radius 3 is 2.50 bits per heavy atom. The van der Waals surface area contributed by atoms with Crippen LogP contribution < -0.4 is 0 Å². The van der Waals surface area contributed by atoms with Crippen molar-refractivity contribution in [3.8, 4) is 0 Å². The van der Waals surface area contributed by atoms with Crippen molar-refractivity contribution in [2.45, 2.75) is 6.42 Å². The Kier molecular flexibility index (Phi) is 6.01. The molecule has 0 saturated heterocycles. The molecule has 0 fully saturated rings. The van der Waals surface area contributed by atoms with E-state index < -0.39 is 0 Å². The molecule has 0 aromatic rings. The molecule has 6 heavy (non-hydrogen) atoms. The fraction of sp³-hybridized carbons (Fsp3) is 1.00. The Bertz CT molecular complexity index is 22.8. The minimum Gasteiger partial charge on any atom is -0.428 e. The first-order valence-corrected chi connectivity index (χ1v) is 3.46. The third-order valence-electron chi connectivity index (χ3n) is 0.507. The van der Waals surface area contributed by atoms with Crippen molar-refractivity contribution >= 4 is 23.1 Å².